The second kappa shape index (κ2) is 3.52. The molecule has 0 aromatic heterocycles. The van der Waals surface area contributed by atoms with Crippen molar-refractivity contribution in [1.29, 1.82) is 0 Å². The molecule has 1 rings (SSSR count). The van der Waals surface area contributed by atoms with Gasteiger partial charge in [0.1, 0.15) is 26.2 Å². The predicted molar refractivity (Wildman–Crippen MR) is 40.0 cm³/mol. The topological polar surface area (TPSA) is 38.7 Å². The maximum Gasteiger partial charge on any atom is 0.147 e. The molecule has 5 heteroatoms. The van der Waals surface area contributed by atoms with Crippen LogP contribution in [0.15, 0.2) is 0 Å². The third-order valence-electron chi connectivity index (χ3n) is 1.88. The monoisotopic (exact) mass is 162 g/mol. The van der Waals surface area contributed by atoms with Crippen molar-refractivity contribution in [3.63, 3.8) is 0 Å². The molecule has 0 bridgehead atoms. The minimum atomic E-state index is -1.28. The molecule has 0 aliphatic carbocycles. The Balaban J connectivity index is 2.45. The highest BCUT2D eigenvalue weighted by molar-refractivity contribution is 6.11. The standard InChI is InChI=1S/C6H12BFO3/c1-10-2-3-5(9)4(8)6(7)11-3/h3-6,9H,2,7H2,1H3/t3-,4-,5-,6-/m1/s1. The van der Waals surface area contributed by atoms with Gasteiger partial charge in [-0.1, -0.05) is 0 Å². The quantitative estimate of drug-likeness (QED) is 0.512. The summed E-state index contributed by atoms with van der Waals surface area (Å²) >= 11 is 0. The highest BCUT2D eigenvalue weighted by Gasteiger charge is 2.41. The molecule has 1 fully saturated rings. The maximum atomic E-state index is 12.9. The average molecular weight is 162 g/mol. The second-order valence-corrected chi connectivity index (χ2v) is 2.77. The Labute approximate surface area is 65.9 Å². The zero-order valence-corrected chi connectivity index (χ0v) is 6.66. The van der Waals surface area contributed by atoms with Crippen molar-refractivity contribution >= 4 is 7.85 Å². The van der Waals surface area contributed by atoms with Crippen LogP contribution in [0.2, 0.25) is 0 Å². The normalized spacial score (nSPS) is 44.6. The van der Waals surface area contributed by atoms with Gasteiger partial charge in [0, 0.05) is 7.11 Å². The minimum absolute atomic E-state index is 0.242. The Morgan fingerprint density at radius 2 is 2.36 bits per heavy atom. The van der Waals surface area contributed by atoms with E-state index in [-0.39, 0.29) is 6.61 Å². The highest BCUT2D eigenvalue weighted by atomic mass is 19.1. The van der Waals surface area contributed by atoms with Crippen LogP contribution in [0, 0.1) is 0 Å². The van der Waals surface area contributed by atoms with Crippen LogP contribution in [-0.4, -0.2) is 51.1 Å². The van der Waals surface area contributed by atoms with Crippen LogP contribution >= 0.6 is 0 Å². The van der Waals surface area contributed by atoms with E-state index in [1.165, 1.54) is 7.11 Å². The van der Waals surface area contributed by atoms with E-state index >= 15 is 0 Å². The summed E-state index contributed by atoms with van der Waals surface area (Å²) in [7, 11) is 3.09. The van der Waals surface area contributed by atoms with Gasteiger partial charge in [0.2, 0.25) is 0 Å². The lowest BCUT2D eigenvalue weighted by atomic mass is 9.94. The molecule has 4 atom stereocenters. The lowest BCUT2D eigenvalue weighted by Crippen LogP contribution is -2.31. The van der Waals surface area contributed by atoms with Crippen LogP contribution < -0.4 is 0 Å². The first-order valence-corrected chi connectivity index (χ1v) is 3.63. The minimum Gasteiger partial charge on any atom is -0.387 e. The van der Waals surface area contributed by atoms with Gasteiger partial charge in [-0.15, -0.1) is 0 Å². The SMILES string of the molecule is B[C@@H]1O[C@H](COC)[C@@H](O)[C@H]1F. The molecule has 1 N–H and O–H groups in total. The largest absolute Gasteiger partial charge is 0.387 e. The van der Waals surface area contributed by atoms with Gasteiger partial charge in [-0.25, -0.2) is 4.39 Å². The molecule has 11 heavy (non-hydrogen) atoms. The number of halogens is 1. The predicted octanol–water partition coefficient (Wildman–Crippen LogP) is -1.31. The van der Waals surface area contributed by atoms with Gasteiger partial charge < -0.3 is 14.6 Å². The summed E-state index contributed by atoms with van der Waals surface area (Å²) in [6.07, 6.45) is -2.83. The van der Waals surface area contributed by atoms with E-state index in [9.17, 15) is 9.50 Å². The summed E-state index contributed by atoms with van der Waals surface area (Å²) in [4.78, 5) is 0. The first-order valence-electron chi connectivity index (χ1n) is 3.63. The molecular weight excluding hydrogens is 150 g/mol. The van der Waals surface area contributed by atoms with Crippen molar-refractivity contribution in [3.05, 3.63) is 0 Å². The van der Waals surface area contributed by atoms with Gasteiger partial charge in [0.25, 0.3) is 0 Å². The maximum absolute atomic E-state index is 12.9. The summed E-state index contributed by atoms with van der Waals surface area (Å²) in [6, 6.07) is -0.523. The number of rotatable bonds is 2. The van der Waals surface area contributed by atoms with Gasteiger partial charge in [-0.2, -0.15) is 0 Å². The third kappa shape index (κ3) is 1.72. The molecule has 1 heterocycles. The molecule has 0 radical (unpaired) electrons. The van der Waals surface area contributed by atoms with Crippen molar-refractivity contribution < 1.29 is 19.0 Å². The number of hydrogen-bond acceptors (Lipinski definition) is 3. The van der Waals surface area contributed by atoms with E-state index in [0.717, 1.165) is 0 Å². The smallest absolute Gasteiger partial charge is 0.147 e. The zero-order chi connectivity index (χ0) is 8.43. The second-order valence-electron chi connectivity index (χ2n) is 2.77. The van der Waals surface area contributed by atoms with Crippen LogP contribution in [-0.2, 0) is 9.47 Å². The number of aliphatic hydroxyl groups is 1. The number of methoxy groups -OCH3 is 1. The first-order chi connectivity index (χ1) is 5.16. The molecule has 1 aliphatic heterocycles. The van der Waals surface area contributed by atoms with E-state index in [1.807, 2.05) is 0 Å². The average Bonchev–Trinajstić information content (AvgIpc) is 2.19. The van der Waals surface area contributed by atoms with Crippen molar-refractivity contribution in [2.75, 3.05) is 13.7 Å². The fraction of sp³-hybridized carbons (Fsp3) is 1.00. The number of hydrogen-bond donors (Lipinski definition) is 1. The van der Waals surface area contributed by atoms with Gasteiger partial charge >= 0.3 is 0 Å². The van der Waals surface area contributed by atoms with Crippen LogP contribution in [0.5, 0.6) is 0 Å². The Morgan fingerprint density at radius 3 is 2.73 bits per heavy atom. The molecule has 0 unspecified atom stereocenters. The Morgan fingerprint density at radius 1 is 1.73 bits per heavy atom. The summed E-state index contributed by atoms with van der Waals surface area (Å²) in [6.45, 7) is 0.242. The molecule has 3 nitrogen and oxygen atoms in total. The molecule has 0 saturated carbocycles. The fourth-order valence-electron chi connectivity index (χ4n) is 1.22. The van der Waals surface area contributed by atoms with E-state index in [0.29, 0.717) is 0 Å². The van der Waals surface area contributed by atoms with E-state index in [1.54, 1.807) is 7.85 Å². The van der Waals surface area contributed by atoms with Crippen molar-refractivity contribution in [3.8, 4) is 0 Å². The van der Waals surface area contributed by atoms with E-state index < -0.39 is 24.4 Å². The van der Waals surface area contributed by atoms with Crippen LogP contribution in [0.25, 0.3) is 0 Å². The Hall–Kier alpha value is -0.125. The van der Waals surface area contributed by atoms with Crippen molar-refractivity contribution in [1.82, 2.24) is 0 Å². The zero-order valence-electron chi connectivity index (χ0n) is 6.66. The number of alkyl halides is 1. The van der Waals surface area contributed by atoms with Gasteiger partial charge in [-0.3, -0.25) is 0 Å². The molecule has 1 aliphatic rings. The van der Waals surface area contributed by atoms with Crippen LogP contribution in [0.1, 0.15) is 0 Å². The van der Waals surface area contributed by atoms with Crippen molar-refractivity contribution in [2.45, 2.75) is 24.4 Å². The lowest BCUT2D eigenvalue weighted by molar-refractivity contribution is -0.0187. The first kappa shape index (κ1) is 8.97. The number of ether oxygens (including phenoxy) is 2. The molecule has 0 aromatic carbocycles. The van der Waals surface area contributed by atoms with Gasteiger partial charge in [0.15, 0.2) is 0 Å². The highest BCUT2D eigenvalue weighted by Crippen LogP contribution is 2.21. The van der Waals surface area contributed by atoms with Crippen LogP contribution in [0.4, 0.5) is 4.39 Å². The molecule has 0 amide bonds. The van der Waals surface area contributed by atoms with E-state index in [2.05, 4.69) is 0 Å². The molecule has 0 aromatic rings. The summed E-state index contributed by atoms with van der Waals surface area (Å²) < 4.78 is 22.7. The van der Waals surface area contributed by atoms with E-state index in [4.69, 9.17) is 9.47 Å². The van der Waals surface area contributed by atoms with Gasteiger partial charge in [-0.05, 0) is 0 Å². The Bertz CT molecular complexity index is 135. The molecule has 1 saturated heterocycles. The molecule has 64 valence electrons. The molecule has 0 spiro atoms. The summed E-state index contributed by atoms with van der Waals surface area (Å²) in [5.41, 5.74) is 0. The van der Waals surface area contributed by atoms with Crippen LogP contribution in [0.3, 0.4) is 0 Å². The number of aliphatic hydroxyl groups excluding tert-OH is 1. The van der Waals surface area contributed by atoms with Gasteiger partial charge in [0.05, 0.1) is 12.6 Å². The van der Waals surface area contributed by atoms with Crippen molar-refractivity contribution in [2.24, 2.45) is 0 Å². The lowest BCUT2D eigenvalue weighted by Gasteiger charge is -2.11. The summed E-state index contributed by atoms with van der Waals surface area (Å²) in [5, 5.41) is 9.18. The Kier molecular flexibility index (Phi) is 2.87. The third-order valence-corrected chi connectivity index (χ3v) is 1.88. The molecular formula is C6H12BFO3. The fourth-order valence-corrected chi connectivity index (χ4v) is 1.22. The summed E-state index contributed by atoms with van der Waals surface area (Å²) in [5.74, 6) is 0.